The third-order valence-electron chi connectivity index (χ3n) is 2.24. The molecule has 4 nitrogen and oxygen atoms in total. The maximum Gasteiger partial charge on any atom is 0.474 e. The summed E-state index contributed by atoms with van der Waals surface area (Å²) in [5, 5.41) is 0. The standard InChI is InChI=1S/C12H27O4P.BrH/c1-4-7-10-14-17(13,15-11-8-5-2)16-12-9-6-3;/h4-12H2,1-3H3;1H/p-1. The molecular formula is C12H27BrO4P-. The Labute approximate surface area is 122 Å². The van der Waals surface area contributed by atoms with E-state index in [-0.39, 0.29) is 17.0 Å². The van der Waals surface area contributed by atoms with E-state index in [4.69, 9.17) is 13.6 Å². The predicted molar refractivity (Wildman–Crippen MR) is 70.2 cm³/mol. The van der Waals surface area contributed by atoms with Gasteiger partial charge in [0.05, 0.1) is 19.8 Å². The van der Waals surface area contributed by atoms with Gasteiger partial charge in [-0.2, -0.15) is 0 Å². The highest BCUT2D eigenvalue weighted by Crippen LogP contribution is 2.49. The lowest BCUT2D eigenvalue weighted by atomic mass is 10.4. The molecule has 0 aliphatic heterocycles. The van der Waals surface area contributed by atoms with Crippen LogP contribution in [-0.2, 0) is 18.1 Å². The van der Waals surface area contributed by atoms with Crippen LogP contribution in [0.2, 0.25) is 0 Å². The van der Waals surface area contributed by atoms with Crippen molar-refractivity contribution in [2.45, 2.75) is 59.3 Å². The second-order valence-corrected chi connectivity index (χ2v) is 5.68. The normalized spacial score (nSPS) is 11.3. The predicted octanol–water partition coefficient (Wildman–Crippen LogP) is 1.55. The minimum Gasteiger partial charge on any atom is -1.00 e. The summed E-state index contributed by atoms with van der Waals surface area (Å²) in [5.41, 5.74) is 0. The van der Waals surface area contributed by atoms with Crippen LogP contribution < -0.4 is 17.0 Å². The molecule has 6 heteroatoms. The highest BCUT2D eigenvalue weighted by atomic mass is 79.9. The average Bonchev–Trinajstić information content (AvgIpc) is 2.30. The lowest BCUT2D eigenvalue weighted by molar-refractivity contribution is -0.0000140. The van der Waals surface area contributed by atoms with Gasteiger partial charge in [0.1, 0.15) is 0 Å². The largest absolute Gasteiger partial charge is 1.00 e. The molecule has 0 bridgehead atoms. The second-order valence-electron chi connectivity index (χ2n) is 4.01. The summed E-state index contributed by atoms with van der Waals surface area (Å²) in [7, 11) is -3.31. The molecule has 0 unspecified atom stereocenters. The first-order chi connectivity index (χ1) is 8.18. The van der Waals surface area contributed by atoms with E-state index in [2.05, 4.69) is 20.8 Å². The van der Waals surface area contributed by atoms with Crippen LogP contribution in [0.15, 0.2) is 0 Å². The Morgan fingerprint density at radius 2 is 1.00 bits per heavy atom. The Bertz CT molecular complexity index is 181. The highest BCUT2D eigenvalue weighted by molar-refractivity contribution is 7.48. The van der Waals surface area contributed by atoms with Crippen LogP contribution in [0.3, 0.4) is 0 Å². The number of hydrogen-bond donors (Lipinski definition) is 0. The van der Waals surface area contributed by atoms with Crippen molar-refractivity contribution < 1.29 is 35.1 Å². The first-order valence-electron chi connectivity index (χ1n) is 6.72. The molecule has 0 saturated carbocycles. The van der Waals surface area contributed by atoms with Crippen LogP contribution >= 0.6 is 7.82 Å². The monoisotopic (exact) mass is 345 g/mol. The summed E-state index contributed by atoms with van der Waals surface area (Å²) < 4.78 is 28.0. The summed E-state index contributed by atoms with van der Waals surface area (Å²) in [5.74, 6) is 0. The van der Waals surface area contributed by atoms with Crippen molar-refractivity contribution in [2.75, 3.05) is 19.8 Å². The lowest BCUT2D eigenvalue weighted by Gasteiger charge is -2.17. The molecule has 18 heavy (non-hydrogen) atoms. The Kier molecular flexibility index (Phi) is 16.3. The van der Waals surface area contributed by atoms with Crippen LogP contribution in [0.25, 0.3) is 0 Å². The fourth-order valence-electron chi connectivity index (χ4n) is 1.07. The summed E-state index contributed by atoms with van der Waals surface area (Å²) in [4.78, 5) is 0. The molecule has 0 aliphatic rings. The third kappa shape index (κ3) is 11.7. The molecule has 0 rings (SSSR count). The molecule has 0 fully saturated rings. The van der Waals surface area contributed by atoms with Crippen molar-refractivity contribution in [3.63, 3.8) is 0 Å². The summed E-state index contributed by atoms with van der Waals surface area (Å²) in [6.07, 6.45) is 5.63. The molecule has 0 radical (unpaired) electrons. The average molecular weight is 346 g/mol. The first kappa shape index (κ1) is 20.9. The van der Waals surface area contributed by atoms with Crippen molar-refractivity contribution in [2.24, 2.45) is 0 Å². The summed E-state index contributed by atoms with van der Waals surface area (Å²) >= 11 is 0. The highest BCUT2D eigenvalue weighted by Gasteiger charge is 2.25. The number of phosphoric ester groups is 1. The molecule has 0 spiro atoms. The quantitative estimate of drug-likeness (QED) is 0.397. The van der Waals surface area contributed by atoms with Crippen molar-refractivity contribution in [1.29, 1.82) is 0 Å². The number of unbranched alkanes of at least 4 members (excludes halogenated alkanes) is 3. The fraction of sp³-hybridized carbons (Fsp3) is 1.00. The van der Waals surface area contributed by atoms with Crippen molar-refractivity contribution >= 4 is 7.82 Å². The van der Waals surface area contributed by atoms with Crippen LogP contribution in [-0.4, -0.2) is 19.8 Å². The zero-order valence-corrected chi connectivity index (χ0v) is 14.3. The van der Waals surface area contributed by atoms with Crippen molar-refractivity contribution in [3.05, 3.63) is 0 Å². The lowest BCUT2D eigenvalue weighted by Crippen LogP contribution is -3.00. The van der Waals surface area contributed by atoms with Gasteiger partial charge in [-0.3, -0.25) is 13.6 Å². The molecule has 0 atom stereocenters. The van der Waals surface area contributed by atoms with Crippen molar-refractivity contribution in [1.82, 2.24) is 0 Å². The van der Waals surface area contributed by atoms with Crippen molar-refractivity contribution in [3.8, 4) is 0 Å². The zero-order valence-electron chi connectivity index (χ0n) is 11.8. The maximum atomic E-state index is 12.2. The van der Waals surface area contributed by atoms with Crippen LogP contribution in [0.4, 0.5) is 0 Å². The van der Waals surface area contributed by atoms with Gasteiger partial charge in [0, 0.05) is 0 Å². The van der Waals surface area contributed by atoms with Crippen LogP contribution in [0.5, 0.6) is 0 Å². The van der Waals surface area contributed by atoms with E-state index in [1.807, 2.05) is 0 Å². The molecule has 112 valence electrons. The van der Waals surface area contributed by atoms with E-state index >= 15 is 0 Å². The summed E-state index contributed by atoms with van der Waals surface area (Å²) in [6, 6.07) is 0. The minimum absolute atomic E-state index is 0. The molecule has 0 aromatic carbocycles. The van der Waals surface area contributed by atoms with Gasteiger partial charge >= 0.3 is 7.82 Å². The van der Waals surface area contributed by atoms with E-state index in [9.17, 15) is 4.57 Å². The molecule has 0 heterocycles. The van der Waals surface area contributed by atoms with E-state index < -0.39 is 7.82 Å². The van der Waals surface area contributed by atoms with E-state index in [1.165, 1.54) is 0 Å². The van der Waals surface area contributed by atoms with Gasteiger partial charge in [-0.1, -0.05) is 40.0 Å². The summed E-state index contributed by atoms with van der Waals surface area (Å²) in [6.45, 7) is 7.49. The molecular weight excluding hydrogens is 319 g/mol. The zero-order chi connectivity index (χ0) is 13.0. The Morgan fingerprint density at radius 3 is 1.22 bits per heavy atom. The van der Waals surface area contributed by atoms with Gasteiger partial charge in [0.2, 0.25) is 0 Å². The van der Waals surface area contributed by atoms with Gasteiger partial charge in [0.15, 0.2) is 0 Å². The van der Waals surface area contributed by atoms with E-state index in [0.29, 0.717) is 19.8 Å². The second kappa shape index (κ2) is 14.0. The SMILES string of the molecule is CCCCOP(=O)(OCCCC)OCCCC.[Br-]. The number of rotatable bonds is 12. The molecule has 0 aliphatic carbocycles. The van der Waals surface area contributed by atoms with Gasteiger partial charge in [-0.25, -0.2) is 4.57 Å². The van der Waals surface area contributed by atoms with E-state index in [0.717, 1.165) is 38.5 Å². The Balaban J connectivity index is 0. The minimum atomic E-state index is -3.31. The third-order valence-corrected chi connectivity index (χ3v) is 3.74. The Morgan fingerprint density at radius 1 is 0.722 bits per heavy atom. The van der Waals surface area contributed by atoms with Crippen LogP contribution in [0, 0.1) is 0 Å². The number of hydrogen-bond acceptors (Lipinski definition) is 4. The number of phosphoric acid groups is 1. The fourth-order valence-corrected chi connectivity index (χ4v) is 2.36. The van der Waals surface area contributed by atoms with Gasteiger partial charge < -0.3 is 17.0 Å². The van der Waals surface area contributed by atoms with Crippen LogP contribution in [0.1, 0.15) is 59.3 Å². The van der Waals surface area contributed by atoms with Gasteiger partial charge in [-0.15, -0.1) is 0 Å². The van der Waals surface area contributed by atoms with E-state index in [1.54, 1.807) is 0 Å². The number of halogens is 1. The molecule has 0 aromatic rings. The molecule has 0 saturated heterocycles. The topological polar surface area (TPSA) is 44.8 Å². The maximum absolute atomic E-state index is 12.2. The first-order valence-corrected chi connectivity index (χ1v) is 8.18. The Hall–Kier alpha value is 0.590. The molecule has 0 aromatic heterocycles. The molecule has 0 amide bonds. The van der Waals surface area contributed by atoms with Gasteiger partial charge in [-0.05, 0) is 19.3 Å². The van der Waals surface area contributed by atoms with Gasteiger partial charge in [0.25, 0.3) is 0 Å². The molecule has 0 N–H and O–H groups in total. The smallest absolute Gasteiger partial charge is 0.474 e.